The van der Waals surface area contributed by atoms with E-state index in [0.29, 0.717) is 0 Å². The highest BCUT2D eigenvalue weighted by molar-refractivity contribution is 7.52. The van der Waals surface area contributed by atoms with Crippen LogP contribution in [0, 0.1) is 0 Å². The lowest BCUT2D eigenvalue weighted by Gasteiger charge is -1.96. The van der Waals surface area contributed by atoms with Crippen molar-refractivity contribution in [3.63, 3.8) is 0 Å². The number of hydrogen-bond donors (Lipinski definition) is 6. The maximum Gasteiger partial charge on any atom is 0.326 e. The van der Waals surface area contributed by atoms with Crippen LogP contribution in [0.1, 0.15) is 0 Å². The summed E-state index contributed by atoms with van der Waals surface area (Å²) in [5.74, 6) is 0. The van der Waals surface area contributed by atoms with Crippen molar-refractivity contribution < 1.29 is 28.7 Å². The molecule has 8 nitrogen and oxygen atoms in total. The minimum absolute atomic E-state index is 0.0459. The lowest BCUT2D eigenvalue weighted by atomic mass is 10.8. The molecule has 0 aromatic rings. The molecule has 8 N–H and O–H groups in total. The van der Waals surface area contributed by atoms with Crippen LogP contribution < -0.4 is 11.5 Å². The fourth-order valence-corrected chi connectivity index (χ4v) is 1.01. The van der Waals surface area contributed by atoms with E-state index in [0.717, 1.165) is 0 Å². The van der Waals surface area contributed by atoms with Crippen LogP contribution >= 0.6 is 15.2 Å². The zero-order valence-electron chi connectivity index (χ0n) is 7.48. The Bertz CT molecular complexity index is 198. The molecule has 0 amide bonds. The average molecular weight is 250 g/mol. The van der Waals surface area contributed by atoms with E-state index < -0.39 is 15.2 Å². The molecule has 0 saturated heterocycles. The lowest BCUT2D eigenvalue weighted by Crippen LogP contribution is -2.04. The van der Waals surface area contributed by atoms with Gasteiger partial charge in [0.15, 0.2) is 0 Å². The standard InChI is InChI=1S/2C2H8NO3P/c2*3-1-2-7(4,5)6/h2*1-3H2,(H2,4,5,6). The van der Waals surface area contributed by atoms with Crippen molar-refractivity contribution in [1.82, 2.24) is 0 Å². The van der Waals surface area contributed by atoms with E-state index in [1.807, 2.05) is 0 Å². The first-order valence-corrected chi connectivity index (χ1v) is 7.21. The summed E-state index contributed by atoms with van der Waals surface area (Å²) in [6.45, 7) is 0.0918. The summed E-state index contributed by atoms with van der Waals surface area (Å²) in [7, 11) is -7.58. The topological polar surface area (TPSA) is 167 Å². The molecule has 0 fully saturated rings. The van der Waals surface area contributed by atoms with E-state index >= 15 is 0 Å². The van der Waals surface area contributed by atoms with Gasteiger partial charge >= 0.3 is 15.2 Å². The van der Waals surface area contributed by atoms with E-state index in [1.54, 1.807) is 0 Å². The van der Waals surface area contributed by atoms with Crippen molar-refractivity contribution in [2.75, 3.05) is 25.4 Å². The molecule has 0 bridgehead atoms. The highest BCUT2D eigenvalue weighted by atomic mass is 31.2. The molecule has 0 radical (unpaired) electrons. The quantitative estimate of drug-likeness (QED) is 0.319. The van der Waals surface area contributed by atoms with Crippen molar-refractivity contribution in [3.05, 3.63) is 0 Å². The van der Waals surface area contributed by atoms with Crippen LogP contribution in [0.2, 0.25) is 0 Å². The highest BCUT2D eigenvalue weighted by Gasteiger charge is 2.09. The monoisotopic (exact) mass is 250 g/mol. The van der Waals surface area contributed by atoms with Crippen LogP contribution in [0.25, 0.3) is 0 Å². The van der Waals surface area contributed by atoms with Crippen LogP contribution in [0.15, 0.2) is 0 Å². The first-order chi connectivity index (χ1) is 6.12. The van der Waals surface area contributed by atoms with Gasteiger partial charge in [0, 0.05) is 13.1 Å². The fourth-order valence-electron chi connectivity index (χ4n) is 0.336. The number of hydrogen-bond acceptors (Lipinski definition) is 4. The van der Waals surface area contributed by atoms with Crippen LogP contribution in [0.4, 0.5) is 0 Å². The van der Waals surface area contributed by atoms with Crippen LogP contribution in [0.3, 0.4) is 0 Å². The van der Waals surface area contributed by atoms with Gasteiger partial charge in [0.2, 0.25) is 0 Å². The molecule has 0 saturated carbocycles. The minimum Gasteiger partial charge on any atom is -0.330 e. The second-order valence-electron chi connectivity index (χ2n) is 2.35. The van der Waals surface area contributed by atoms with Gasteiger partial charge in [-0.05, 0) is 0 Å². The Hall–Kier alpha value is 0.220. The van der Waals surface area contributed by atoms with Gasteiger partial charge in [-0.2, -0.15) is 0 Å². The summed E-state index contributed by atoms with van der Waals surface area (Å²) in [6.07, 6.45) is -0.431. The Morgan fingerprint density at radius 2 is 1.00 bits per heavy atom. The Morgan fingerprint density at radius 1 is 0.786 bits per heavy atom. The van der Waals surface area contributed by atoms with Gasteiger partial charge in [-0.1, -0.05) is 0 Å². The molecule has 0 aliphatic rings. The van der Waals surface area contributed by atoms with Crippen molar-refractivity contribution in [1.29, 1.82) is 0 Å². The van der Waals surface area contributed by atoms with Gasteiger partial charge < -0.3 is 31.0 Å². The summed E-state index contributed by atoms with van der Waals surface area (Å²) < 4.78 is 19.7. The summed E-state index contributed by atoms with van der Waals surface area (Å²) in [5, 5.41) is 0. The molecule has 0 atom stereocenters. The second kappa shape index (κ2) is 7.50. The first kappa shape index (κ1) is 16.6. The first-order valence-electron chi connectivity index (χ1n) is 3.61. The lowest BCUT2D eigenvalue weighted by molar-refractivity contribution is 0.371. The fraction of sp³-hybridized carbons (Fsp3) is 1.00. The van der Waals surface area contributed by atoms with Gasteiger partial charge in [-0.15, -0.1) is 0 Å². The molecule has 0 aromatic heterocycles. The van der Waals surface area contributed by atoms with Gasteiger partial charge in [0.05, 0.1) is 12.3 Å². The third-order valence-corrected chi connectivity index (χ3v) is 2.52. The molecule has 88 valence electrons. The average Bonchev–Trinajstić information content (AvgIpc) is 1.81. The molecule has 10 heteroatoms. The Labute approximate surface area is 81.6 Å². The summed E-state index contributed by atoms with van der Waals surface area (Å²) in [4.78, 5) is 32.2. The second-order valence-corrected chi connectivity index (χ2v) is 5.91. The van der Waals surface area contributed by atoms with Gasteiger partial charge in [-0.25, -0.2) is 0 Å². The van der Waals surface area contributed by atoms with Gasteiger partial charge in [0.1, 0.15) is 0 Å². The van der Waals surface area contributed by atoms with E-state index in [4.69, 9.17) is 31.0 Å². The number of nitrogens with two attached hydrogens (primary N) is 2. The Kier molecular flexibility index (Phi) is 8.92. The SMILES string of the molecule is NCCP(=O)(O)O.NCCP(=O)(O)O. The van der Waals surface area contributed by atoms with E-state index in [1.165, 1.54) is 0 Å². The highest BCUT2D eigenvalue weighted by Crippen LogP contribution is 2.32. The smallest absolute Gasteiger partial charge is 0.326 e. The molecular weight excluding hydrogens is 234 g/mol. The van der Waals surface area contributed by atoms with Crippen LogP contribution in [-0.2, 0) is 9.13 Å². The third-order valence-electron chi connectivity index (χ3n) is 0.841. The third kappa shape index (κ3) is 22.8. The maximum absolute atomic E-state index is 9.85. The van der Waals surface area contributed by atoms with E-state index in [-0.39, 0.29) is 25.4 Å². The Balaban J connectivity index is 0. The molecule has 0 unspecified atom stereocenters. The molecule has 14 heavy (non-hydrogen) atoms. The summed E-state index contributed by atoms with van der Waals surface area (Å²) in [6, 6.07) is 0. The van der Waals surface area contributed by atoms with Crippen LogP contribution in [-0.4, -0.2) is 45.0 Å². The largest absolute Gasteiger partial charge is 0.330 e. The molecule has 0 aromatic carbocycles. The molecular formula is C4H16N2O6P2. The molecule has 0 aliphatic carbocycles. The van der Waals surface area contributed by atoms with Crippen molar-refractivity contribution in [2.45, 2.75) is 0 Å². The van der Waals surface area contributed by atoms with E-state index in [2.05, 4.69) is 0 Å². The maximum atomic E-state index is 9.85. The Morgan fingerprint density at radius 3 is 1.00 bits per heavy atom. The van der Waals surface area contributed by atoms with Crippen molar-refractivity contribution in [2.24, 2.45) is 11.5 Å². The predicted octanol–water partition coefficient (Wildman–Crippen LogP) is -1.75. The summed E-state index contributed by atoms with van der Waals surface area (Å²) >= 11 is 0. The molecule has 0 heterocycles. The molecule has 0 spiro atoms. The van der Waals surface area contributed by atoms with Gasteiger partial charge in [0.25, 0.3) is 0 Å². The minimum atomic E-state index is -3.79. The van der Waals surface area contributed by atoms with Crippen molar-refractivity contribution in [3.8, 4) is 0 Å². The zero-order chi connectivity index (χ0) is 11.8. The summed E-state index contributed by atoms with van der Waals surface area (Å²) in [5.41, 5.74) is 9.64. The molecule has 0 rings (SSSR count). The molecule has 0 aliphatic heterocycles. The predicted molar refractivity (Wildman–Crippen MR) is 51.9 cm³/mol. The van der Waals surface area contributed by atoms with E-state index in [9.17, 15) is 9.13 Å². The number of rotatable bonds is 4. The normalized spacial score (nSPS) is 11.9. The zero-order valence-corrected chi connectivity index (χ0v) is 9.27. The van der Waals surface area contributed by atoms with Gasteiger partial charge in [-0.3, -0.25) is 9.13 Å². The van der Waals surface area contributed by atoms with Crippen molar-refractivity contribution >= 4 is 15.2 Å². The van der Waals surface area contributed by atoms with Crippen LogP contribution in [0.5, 0.6) is 0 Å².